The smallest absolute Gasteiger partial charge is 0.325 e. The Labute approximate surface area is 167 Å². The Morgan fingerprint density at radius 2 is 1.79 bits per heavy atom. The monoisotopic (exact) mass is 392 g/mol. The summed E-state index contributed by atoms with van der Waals surface area (Å²) >= 11 is 0. The van der Waals surface area contributed by atoms with Gasteiger partial charge in [0.25, 0.3) is 11.8 Å². The Morgan fingerprint density at radius 3 is 2.45 bits per heavy atom. The summed E-state index contributed by atoms with van der Waals surface area (Å²) in [7, 11) is 1.59. The van der Waals surface area contributed by atoms with Crippen LogP contribution >= 0.6 is 0 Å². The molecule has 1 atom stereocenters. The maximum atomic E-state index is 13.0. The third kappa shape index (κ3) is 3.33. The lowest BCUT2D eigenvalue weighted by molar-refractivity contribution is -0.131. The highest BCUT2D eigenvalue weighted by Gasteiger charge is 2.49. The number of amides is 3. The number of benzene rings is 2. The zero-order valence-corrected chi connectivity index (χ0v) is 16.3. The van der Waals surface area contributed by atoms with Crippen LogP contribution in [0, 0.1) is 6.92 Å². The lowest BCUT2D eigenvalue weighted by Crippen LogP contribution is -2.40. The molecule has 3 amide bonds. The summed E-state index contributed by atoms with van der Waals surface area (Å²) in [4.78, 5) is 30.9. The molecule has 8 nitrogen and oxygen atoms in total. The fourth-order valence-electron chi connectivity index (χ4n) is 3.23. The van der Waals surface area contributed by atoms with Gasteiger partial charge in [-0.15, -0.1) is 0 Å². The molecule has 29 heavy (non-hydrogen) atoms. The van der Waals surface area contributed by atoms with Crippen LogP contribution in [0.2, 0.25) is 0 Å². The largest absolute Gasteiger partial charge is 0.497 e. The van der Waals surface area contributed by atoms with Crippen LogP contribution in [0.3, 0.4) is 0 Å². The molecule has 0 bridgehead atoms. The summed E-state index contributed by atoms with van der Waals surface area (Å²) < 4.78 is 10.4. The number of aromatic nitrogens is 2. The van der Waals surface area contributed by atoms with Crippen molar-refractivity contribution in [2.45, 2.75) is 25.9 Å². The molecule has 1 saturated heterocycles. The maximum Gasteiger partial charge on any atom is 0.325 e. The van der Waals surface area contributed by atoms with Crippen molar-refractivity contribution in [2.24, 2.45) is 0 Å². The lowest BCUT2D eigenvalue weighted by Gasteiger charge is -2.22. The Morgan fingerprint density at radius 1 is 1.10 bits per heavy atom. The van der Waals surface area contributed by atoms with Crippen LogP contribution < -0.4 is 10.1 Å². The van der Waals surface area contributed by atoms with E-state index in [0.717, 1.165) is 16.0 Å². The average Bonchev–Trinajstić information content (AvgIpc) is 3.28. The summed E-state index contributed by atoms with van der Waals surface area (Å²) in [5.74, 6) is 0.897. The van der Waals surface area contributed by atoms with Crippen molar-refractivity contribution >= 4 is 11.9 Å². The number of rotatable bonds is 5. The highest BCUT2D eigenvalue weighted by molar-refractivity contribution is 6.07. The summed E-state index contributed by atoms with van der Waals surface area (Å²) in [5.41, 5.74) is 1.37. The van der Waals surface area contributed by atoms with Gasteiger partial charge in [0.15, 0.2) is 5.82 Å². The minimum atomic E-state index is -1.13. The number of imide groups is 1. The van der Waals surface area contributed by atoms with Crippen molar-refractivity contribution in [3.63, 3.8) is 0 Å². The van der Waals surface area contributed by atoms with Gasteiger partial charge >= 0.3 is 6.03 Å². The number of ether oxygens (including phenoxy) is 1. The van der Waals surface area contributed by atoms with Crippen molar-refractivity contribution in [3.8, 4) is 17.2 Å². The van der Waals surface area contributed by atoms with E-state index in [-0.39, 0.29) is 18.3 Å². The summed E-state index contributed by atoms with van der Waals surface area (Å²) in [5, 5.41) is 6.68. The molecular formula is C21H20N4O4. The van der Waals surface area contributed by atoms with E-state index in [1.54, 1.807) is 38.3 Å². The summed E-state index contributed by atoms with van der Waals surface area (Å²) in [6.45, 7) is 3.58. The van der Waals surface area contributed by atoms with Gasteiger partial charge in [0.05, 0.1) is 13.7 Å². The van der Waals surface area contributed by atoms with Gasteiger partial charge in [0.2, 0.25) is 0 Å². The number of nitrogens with zero attached hydrogens (tertiary/aromatic N) is 3. The number of urea groups is 1. The SMILES string of the molecule is COc1ccc(-c2nc(CN3C(=O)NC(C)(c4ccc(C)cc4)C3=O)no2)cc1. The Bertz CT molecular complexity index is 1060. The van der Waals surface area contributed by atoms with E-state index in [4.69, 9.17) is 9.26 Å². The molecule has 148 valence electrons. The van der Waals surface area contributed by atoms with E-state index in [0.29, 0.717) is 17.2 Å². The van der Waals surface area contributed by atoms with Crippen LogP contribution in [0.25, 0.3) is 11.5 Å². The highest BCUT2D eigenvalue weighted by atomic mass is 16.5. The van der Waals surface area contributed by atoms with E-state index in [1.165, 1.54) is 0 Å². The number of hydrogen-bond acceptors (Lipinski definition) is 6. The van der Waals surface area contributed by atoms with E-state index in [1.807, 2.05) is 31.2 Å². The first-order valence-corrected chi connectivity index (χ1v) is 9.09. The predicted octanol–water partition coefficient (Wildman–Crippen LogP) is 3.02. The van der Waals surface area contributed by atoms with E-state index >= 15 is 0 Å². The zero-order chi connectivity index (χ0) is 20.6. The molecule has 2 heterocycles. The van der Waals surface area contributed by atoms with Crippen LogP contribution in [0.4, 0.5) is 4.79 Å². The third-order valence-electron chi connectivity index (χ3n) is 5.01. The van der Waals surface area contributed by atoms with Gasteiger partial charge in [0, 0.05) is 5.56 Å². The second-order valence-electron chi connectivity index (χ2n) is 7.06. The maximum absolute atomic E-state index is 13.0. The van der Waals surface area contributed by atoms with Gasteiger partial charge in [-0.3, -0.25) is 9.69 Å². The van der Waals surface area contributed by atoms with E-state index in [2.05, 4.69) is 15.5 Å². The van der Waals surface area contributed by atoms with Gasteiger partial charge in [0.1, 0.15) is 11.3 Å². The van der Waals surface area contributed by atoms with Crippen molar-refractivity contribution in [2.75, 3.05) is 7.11 Å². The van der Waals surface area contributed by atoms with Gasteiger partial charge in [-0.05, 0) is 43.7 Å². The first-order chi connectivity index (χ1) is 13.9. The van der Waals surface area contributed by atoms with Crippen LogP contribution in [-0.2, 0) is 16.9 Å². The third-order valence-corrected chi connectivity index (χ3v) is 5.01. The summed E-state index contributed by atoms with van der Waals surface area (Å²) in [6.07, 6.45) is 0. The molecule has 1 fully saturated rings. The first kappa shape index (κ1) is 18.7. The van der Waals surface area contributed by atoms with Gasteiger partial charge in [-0.1, -0.05) is 35.0 Å². The Hall–Kier alpha value is -3.68. The van der Waals surface area contributed by atoms with Crippen LogP contribution in [0.1, 0.15) is 23.9 Å². The molecule has 1 N–H and O–H groups in total. The van der Waals surface area contributed by atoms with Crippen molar-refractivity contribution < 1.29 is 18.8 Å². The van der Waals surface area contributed by atoms with Crippen molar-refractivity contribution in [1.29, 1.82) is 0 Å². The molecule has 1 aromatic heterocycles. The first-order valence-electron chi connectivity index (χ1n) is 9.09. The number of carbonyl (C=O) groups is 2. The number of hydrogen-bond donors (Lipinski definition) is 1. The topological polar surface area (TPSA) is 97.6 Å². The second-order valence-corrected chi connectivity index (χ2v) is 7.06. The average molecular weight is 392 g/mol. The molecule has 2 aromatic carbocycles. The fraction of sp³-hybridized carbons (Fsp3) is 0.238. The molecule has 0 radical (unpaired) electrons. The molecule has 1 aliphatic heterocycles. The van der Waals surface area contributed by atoms with Crippen LogP contribution in [0.5, 0.6) is 5.75 Å². The molecule has 1 unspecified atom stereocenters. The van der Waals surface area contributed by atoms with Gasteiger partial charge < -0.3 is 14.6 Å². The standard InChI is InChI=1S/C21H20N4O4/c1-13-4-8-15(9-5-13)21(2)19(26)25(20(27)23-21)12-17-22-18(29-24-17)14-6-10-16(28-3)11-7-14/h4-11H,12H2,1-3H3,(H,23,27). The van der Waals surface area contributed by atoms with E-state index < -0.39 is 11.6 Å². The second kappa shape index (κ2) is 7.05. The number of methoxy groups -OCH3 is 1. The molecular weight excluding hydrogens is 372 g/mol. The summed E-state index contributed by atoms with van der Waals surface area (Å²) in [6, 6.07) is 14.1. The Kier molecular flexibility index (Phi) is 4.54. The van der Waals surface area contributed by atoms with Crippen LogP contribution in [-0.4, -0.2) is 34.1 Å². The quantitative estimate of drug-likeness (QED) is 0.671. The molecule has 8 heteroatoms. The van der Waals surface area contributed by atoms with Gasteiger partial charge in [-0.2, -0.15) is 4.98 Å². The van der Waals surface area contributed by atoms with E-state index in [9.17, 15) is 9.59 Å². The number of carbonyl (C=O) groups excluding carboxylic acids is 2. The molecule has 3 aromatic rings. The molecule has 0 saturated carbocycles. The molecule has 0 aliphatic carbocycles. The normalized spacial score (nSPS) is 18.8. The minimum absolute atomic E-state index is 0.0776. The Balaban J connectivity index is 1.54. The lowest BCUT2D eigenvalue weighted by atomic mass is 9.91. The number of nitrogens with one attached hydrogen (secondary N) is 1. The zero-order valence-electron chi connectivity index (χ0n) is 16.3. The molecule has 0 spiro atoms. The predicted molar refractivity (Wildman–Crippen MR) is 104 cm³/mol. The van der Waals surface area contributed by atoms with Crippen molar-refractivity contribution in [1.82, 2.24) is 20.4 Å². The molecule has 1 aliphatic rings. The molecule has 4 rings (SSSR count). The fourth-order valence-corrected chi connectivity index (χ4v) is 3.23. The van der Waals surface area contributed by atoms with Crippen LogP contribution in [0.15, 0.2) is 53.1 Å². The highest BCUT2D eigenvalue weighted by Crippen LogP contribution is 2.30. The number of aryl methyl sites for hydroxylation is 1. The van der Waals surface area contributed by atoms with Gasteiger partial charge in [-0.25, -0.2) is 4.79 Å². The van der Waals surface area contributed by atoms with Crippen molar-refractivity contribution in [3.05, 3.63) is 65.5 Å². The minimum Gasteiger partial charge on any atom is -0.497 e.